The van der Waals surface area contributed by atoms with Crippen molar-refractivity contribution in [3.05, 3.63) is 35.9 Å². The van der Waals surface area contributed by atoms with Gasteiger partial charge < -0.3 is 14.2 Å². The molecule has 0 N–H and O–H groups in total. The molecule has 0 aliphatic carbocycles. The van der Waals surface area contributed by atoms with Crippen LogP contribution >= 0.6 is 0 Å². The normalized spacial score (nSPS) is 35.6. The molecule has 1 aromatic rings. The Morgan fingerprint density at radius 3 is 2.76 bits per heavy atom. The Morgan fingerprint density at radius 2 is 2.19 bits per heavy atom. The lowest BCUT2D eigenvalue weighted by Crippen LogP contribution is -2.47. The minimum absolute atomic E-state index is 0.0896. The van der Waals surface area contributed by atoms with Crippen LogP contribution in [-0.2, 0) is 25.6 Å². The maximum absolute atomic E-state index is 12.3. The van der Waals surface area contributed by atoms with Gasteiger partial charge in [-0.05, 0) is 12.5 Å². The van der Waals surface area contributed by atoms with Gasteiger partial charge in [-0.15, -0.1) is 0 Å². The summed E-state index contributed by atoms with van der Waals surface area (Å²) in [5.74, 6) is -0.592. The van der Waals surface area contributed by atoms with Crippen molar-refractivity contribution in [2.75, 3.05) is 6.61 Å². The molecule has 0 aromatic heterocycles. The zero-order chi connectivity index (χ0) is 15.0. The Hall–Kier alpha value is -1.33. The zero-order valence-electron chi connectivity index (χ0n) is 12.3. The summed E-state index contributed by atoms with van der Waals surface area (Å²) >= 11 is 0. The number of rotatable bonds is 4. The molecule has 0 amide bonds. The number of carbonyl (C=O) groups excluding carboxylic acids is 1. The van der Waals surface area contributed by atoms with Gasteiger partial charge in [-0.3, -0.25) is 4.79 Å². The highest BCUT2D eigenvalue weighted by Crippen LogP contribution is 2.48. The lowest BCUT2D eigenvalue weighted by Gasteiger charge is -2.34. The van der Waals surface area contributed by atoms with Crippen molar-refractivity contribution in [1.82, 2.24) is 0 Å². The summed E-state index contributed by atoms with van der Waals surface area (Å²) in [6.07, 6.45) is -0.130. The number of carbonyl (C=O) groups is 1. The number of hydrogen-bond acceptors (Lipinski definition) is 4. The van der Waals surface area contributed by atoms with Gasteiger partial charge >= 0.3 is 5.97 Å². The van der Waals surface area contributed by atoms with Gasteiger partial charge in [0.05, 0.1) is 18.6 Å². The molecule has 21 heavy (non-hydrogen) atoms. The first kappa shape index (κ1) is 14.6. The summed E-state index contributed by atoms with van der Waals surface area (Å²) in [5, 5.41) is 0. The molecule has 4 nitrogen and oxygen atoms in total. The molecule has 2 fully saturated rings. The summed E-state index contributed by atoms with van der Waals surface area (Å²) in [5.41, 5.74) is 0.311. The van der Waals surface area contributed by atoms with Crippen molar-refractivity contribution in [1.29, 1.82) is 0 Å². The smallest absolute Gasteiger partial charge is 0.312 e. The van der Waals surface area contributed by atoms with Crippen LogP contribution in [0.25, 0.3) is 0 Å². The SMILES string of the molecule is [B][C@@H]1O[C@]2(C(C)C(=O)OCc3ccccc3)CO[C@H]1C2C. The van der Waals surface area contributed by atoms with Crippen molar-refractivity contribution >= 4 is 13.8 Å². The Balaban J connectivity index is 1.65. The van der Waals surface area contributed by atoms with Crippen LogP contribution in [0.15, 0.2) is 30.3 Å². The van der Waals surface area contributed by atoms with E-state index in [1.807, 2.05) is 44.2 Å². The minimum atomic E-state index is -0.655. The third-order valence-electron chi connectivity index (χ3n) is 4.75. The number of ether oxygens (including phenoxy) is 3. The zero-order valence-corrected chi connectivity index (χ0v) is 12.3. The van der Waals surface area contributed by atoms with E-state index < -0.39 is 17.5 Å². The highest BCUT2D eigenvalue weighted by molar-refractivity contribution is 6.11. The van der Waals surface area contributed by atoms with E-state index in [1.54, 1.807) is 0 Å². The average Bonchev–Trinajstić information content (AvgIpc) is 2.95. The molecule has 0 spiro atoms. The molecular formula is C16H19BO4. The van der Waals surface area contributed by atoms with E-state index in [4.69, 9.17) is 22.1 Å². The molecule has 1 aromatic carbocycles. The summed E-state index contributed by atoms with van der Waals surface area (Å²) in [6.45, 7) is 4.51. The Morgan fingerprint density at radius 1 is 1.48 bits per heavy atom. The van der Waals surface area contributed by atoms with Crippen LogP contribution in [-0.4, -0.2) is 38.1 Å². The van der Waals surface area contributed by atoms with E-state index in [1.165, 1.54) is 0 Å². The second-order valence-corrected chi connectivity index (χ2v) is 5.92. The second kappa shape index (κ2) is 5.46. The molecule has 5 heteroatoms. The van der Waals surface area contributed by atoms with Gasteiger partial charge in [0.25, 0.3) is 0 Å². The summed E-state index contributed by atoms with van der Waals surface area (Å²) in [7, 11) is 5.90. The third kappa shape index (κ3) is 2.38. The van der Waals surface area contributed by atoms with Crippen LogP contribution in [0.4, 0.5) is 0 Å². The highest BCUT2D eigenvalue weighted by Gasteiger charge is 2.61. The summed E-state index contributed by atoms with van der Waals surface area (Å²) in [6, 6.07) is 9.16. The minimum Gasteiger partial charge on any atom is -0.461 e. The first-order chi connectivity index (χ1) is 10.0. The fraction of sp³-hybridized carbons (Fsp3) is 0.562. The van der Waals surface area contributed by atoms with Crippen LogP contribution in [0, 0.1) is 11.8 Å². The van der Waals surface area contributed by atoms with Crippen LogP contribution < -0.4 is 0 Å². The maximum atomic E-state index is 12.3. The molecule has 2 heterocycles. The molecule has 2 aliphatic rings. The van der Waals surface area contributed by atoms with Crippen LogP contribution in [0.2, 0.25) is 0 Å². The van der Waals surface area contributed by atoms with Crippen LogP contribution in [0.5, 0.6) is 0 Å². The number of fused-ring (bicyclic) bond motifs is 2. The van der Waals surface area contributed by atoms with Crippen molar-refractivity contribution in [2.24, 2.45) is 11.8 Å². The van der Waals surface area contributed by atoms with Crippen molar-refractivity contribution in [2.45, 2.75) is 38.2 Å². The van der Waals surface area contributed by atoms with Crippen molar-refractivity contribution in [3.63, 3.8) is 0 Å². The molecule has 110 valence electrons. The fourth-order valence-corrected chi connectivity index (χ4v) is 3.30. The molecule has 3 rings (SSSR count). The Kier molecular flexibility index (Phi) is 3.80. The molecule has 5 atom stereocenters. The van der Waals surface area contributed by atoms with E-state index in [0.717, 1.165) is 5.56 Å². The summed E-state index contributed by atoms with van der Waals surface area (Å²) < 4.78 is 16.9. The van der Waals surface area contributed by atoms with Gasteiger partial charge in [-0.25, -0.2) is 0 Å². The van der Waals surface area contributed by atoms with E-state index >= 15 is 0 Å². The van der Waals surface area contributed by atoms with Gasteiger partial charge in [-0.1, -0.05) is 37.3 Å². The molecule has 2 unspecified atom stereocenters. The van der Waals surface area contributed by atoms with E-state index in [-0.39, 0.29) is 24.6 Å². The van der Waals surface area contributed by atoms with Gasteiger partial charge in [0.1, 0.15) is 20.1 Å². The highest BCUT2D eigenvalue weighted by atomic mass is 16.6. The van der Waals surface area contributed by atoms with Gasteiger partial charge in [0, 0.05) is 11.9 Å². The summed E-state index contributed by atoms with van der Waals surface area (Å²) in [4.78, 5) is 12.3. The van der Waals surface area contributed by atoms with E-state index in [0.29, 0.717) is 6.61 Å². The topological polar surface area (TPSA) is 44.8 Å². The fourth-order valence-electron chi connectivity index (χ4n) is 3.30. The van der Waals surface area contributed by atoms with Crippen LogP contribution in [0.1, 0.15) is 19.4 Å². The average molecular weight is 286 g/mol. The predicted molar refractivity (Wildman–Crippen MR) is 77.7 cm³/mol. The van der Waals surface area contributed by atoms with E-state index in [9.17, 15) is 4.79 Å². The first-order valence-electron chi connectivity index (χ1n) is 7.30. The van der Waals surface area contributed by atoms with Crippen molar-refractivity contribution < 1.29 is 19.0 Å². The molecule has 2 aliphatic heterocycles. The monoisotopic (exact) mass is 286 g/mol. The largest absolute Gasteiger partial charge is 0.461 e. The van der Waals surface area contributed by atoms with Gasteiger partial charge in [0.2, 0.25) is 0 Å². The molecular weight excluding hydrogens is 267 g/mol. The lowest BCUT2D eigenvalue weighted by molar-refractivity contribution is -0.174. The van der Waals surface area contributed by atoms with Gasteiger partial charge in [0.15, 0.2) is 0 Å². The number of benzene rings is 1. The first-order valence-corrected chi connectivity index (χ1v) is 7.30. The van der Waals surface area contributed by atoms with Gasteiger partial charge in [-0.2, -0.15) is 0 Å². The number of esters is 1. The quantitative estimate of drug-likeness (QED) is 0.624. The Labute approximate surface area is 126 Å². The van der Waals surface area contributed by atoms with Crippen LogP contribution in [0.3, 0.4) is 0 Å². The second-order valence-electron chi connectivity index (χ2n) is 5.92. The molecule has 0 saturated carbocycles. The van der Waals surface area contributed by atoms with E-state index in [2.05, 4.69) is 0 Å². The third-order valence-corrected chi connectivity index (χ3v) is 4.75. The lowest BCUT2D eigenvalue weighted by atomic mass is 9.79. The van der Waals surface area contributed by atoms with Crippen molar-refractivity contribution in [3.8, 4) is 0 Å². The molecule has 2 bridgehead atoms. The predicted octanol–water partition coefficient (Wildman–Crippen LogP) is 1.66. The molecule has 2 saturated heterocycles. The maximum Gasteiger partial charge on any atom is 0.312 e. The standard InChI is InChI=1S/C16H19BO4/c1-10-13-14(17)21-16(10,9-20-13)11(2)15(18)19-8-12-6-4-3-5-7-12/h3-7,10-11,13-14H,8-9H2,1-2H3/t10?,11?,13-,14+,16+/m0/s1. The molecule has 2 radical (unpaired) electrons. The number of hydrogen-bond donors (Lipinski definition) is 0. The Bertz CT molecular complexity index is 520.